The number of hydrogen-bond donors (Lipinski definition) is 2. The average molecular weight is 325 g/mol. The van der Waals surface area contributed by atoms with Crippen LogP contribution in [0.3, 0.4) is 0 Å². The van der Waals surface area contributed by atoms with Gasteiger partial charge < -0.3 is 5.73 Å². The van der Waals surface area contributed by atoms with Crippen LogP contribution in [0.15, 0.2) is 17.0 Å². The van der Waals surface area contributed by atoms with Crippen molar-refractivity contribution >= 4 is 38.1 Å². The molecule has 1 aromatic carbocycles. The minimum absolute atomic E-state index is 0.00897. The Balaban J connectivity index is 2.98. The number of nitrogens with two attached hydrogens (primary N) is 1. The van der Waals surface area contributed by atoms with E-state index in [-0.39, 0.29) is 16.7 Å². The number of anilines is 1. The summed E-state index contributed by atoms with van der Waals surface area (Å²) < 4.78 is 37.7. The van der Waals surface area contributed by atoms with Gasteiger partial charge in [0.05, 0.1) is 4.90 Å². The number of hydrogen-bond acceptors (Lipinski definition) is 4. The fourth-order valence-electron chi connectivity index (χ4n) is 1.26. The number of nitrogen functional groups attached to an aromatic ring is 1. The predicted octanol–water partition coefficient (Wildman–Crippen LogP) is 1.28. The van der Waals surface area contributed by atoms with Crippen LogP contribution in [0.4, 0.5) is 5.69 Å². The normalized spacial score (nSPS) is 15.2. The summed E-state index contributed by atoms with van der Waals surface area (Å²) in [6.45, 7) is 3.51. The third-order valence-corrected chi connectivity index (χ3v) is 5.89. The van der Waals surface area contributed by atoms with E-state index in [0.29, 0.717) is 16.3 Å². The molecule has 0 aliphatic heterocycles. The molecule has 0 fully saturated rings. The second-order valence-corrected chi connectivity index (χ2v) is 8.26. The second-order valence-electron chi connectivity index (χ2n) is 4.28. The lowest BCUT2D eigenvalue weighted by molar-refractivity contribution is 0.580. The second kappa shape index (κ2) is 6.21. The summed E-state index contributed by atoms with van der Waals surface area (Å²) >= 11 is 5.92. The van der Waals surface area contributed by atoms with Gasteiger partial charge in [-0.1, -0.05) is 11.6 Å². The fraction of sp³-hybridized carbons (Fsp3) is 0.455. The highest BCUT2D eigenvalue weighted by Gasteiger charge is 2.18. The van der Waals surface area contributed by atoms with Gasteiger partial charge in [-0.15, -0.1) is 0 Å². The SMILES string of the molecule is Cc1c(N)cc(S(=O)(=O)NCC(C)S(C)=O)cc1Cl. The molecule has 19 heavy (non-hydrogen) atoms. The van der Waals surface area contributed by atoms with Crippen molar-refractivity contribution in [1.29, 1.82) is 0 Å². The summed E-state index contributed by atoms with van der Waals surface area (Å²) in [6, 6.07) is 2.71. The predicted molar refractivity (Wildman–Crippen MR) is 79.3 cm³/mol. The van der Waals surface area contributed by atoms with Gasteiger partial charge in [0, 0.05) is 39.6 Å². The van der Waals surface area contributed by atoms with Crippen molar-refractivity contribution < 1.29 is 12.6 Å². The quantitative estimate of drug-likeness (QED) is 0.798. The van der Waals surface area contributed by atoms with E-state index in [1.807, 2.05) is 0 Å². The van der Waals surface area contributed by atoms with Gasteiger partial charge in [0.2, 0.25) is 10.0 Å². The van der Waals surface area contributed by atoms with E-state index in [1.54, 1.807) is 13.8 Å². The van der Waals surface area contributed by atoms with Gasteiger partial charge in [-0.25, -0.2) is 13.1 Å². The minimum atomic E-state index is -3.70. The molecule has 1 aromatic rings. The number of halogens is 1. The monoisotopic (exact) mass is 324 g/mol. The van der Waals surface area contributed by atoms with Crippen LogP contribution in [0.25, 0.3) is 0 Å². The third-order valence-electron chi connectivity index (χ3n) is 2.80. The zero-order valence-corrected chi connectivity index (χ0v) is 13.3. The highest BCUT2D eigenvalue weighted by Crippen LogP contribution is 2.25. The van der Waals surface area contributed by atoms with Crippen LogP contribution in [0.1, 0.15) is 12.5 Å². The molecule has 8 heteroatoms. The smallest absolute Gasteiger partial charge is 0.240 e. The Hall–Kier alpha value is -0.630. The summed E-state index contributed by atoms with van der Waals surface area (Å²) in [5, 5.41) is 0.0283. The maximum absolute atomic E-state index is 12.1. The number of rotatable bonds is 5. The molecule has 0 aliphatic rings. The van der Waals surface area contributed by atoms with E-state index in [9.17, 15) is 12.6 Å². The Morgan fingerprint density at radius 2 is 2.05 bits per heavy atom. The van der Waals surface area contributed by atoms with E-state index in [2.05, 4.69) is 4.72 Å². The average Bonchev–Trinajstić information content (AvgIpc) is 2.32. The van der Waals surface area contributed by atoms with Crippen molar-refractivity contribution in [2.24, 2.45) is 0 Å². The van der Waals surface area contributed by atoms with Crippen LogP contribution >= 0.6 is 11.6 Å². The Labute approximate surface area is 121 Å². The summed E-state index contributed by atoms with van der Waals surface area (Å²) in [6.07, 6.45) is 1.53. The number of nitrogens with one attached hydrogen (secondary N) is 1. The van der Waals surface area contributed by atoms with Crippen molar-refractivity contribution in [2.75, 3.05) is 18.5 Å². The summed E-state index contributed by atoms with van der Waals surface area (Å²) in [5.41, 5.74) is 6.66. The molecule has 0 heterocycles. The van der Waals surface area contributed by atoms with Crippen LogP contribution in [-0.2, 0) is 20.8 Å². The highest BCUT2D eigenvalue weighted by atomic mass is 35.5. The standard InChI is InChI=1S/C11H17ClN2O3S2/c1-7(18(3)15)6-14-19(16,17)9-4-10(12)8(2)11(13)5-9/h4-5,7,14H,6,13H2,1-3H3. The molecule has 0 saturated heterocycles. The van der Waals surface area contributed by atoms with Crippen molar-refractivity contribution in [3.05, 3.63) is 22.7 Å². The van der Waals surface area contributed by atoms with Crippen molar-refractivity contribution in [2.45, 2.75) is 24.0 Å². The Morgan fingerprint density at radius 3 is 2.53 bits per heavy atom. The molecule has 0 saturated carbocycles. The Kier molecular flexibility index (Phi) is 5.37. The molecule has 0 amide bonds. The molecule has 0 radical (unpaired) electrons. The molecule has 0 spiro atoms. The van der Waals surface area contributed by atoms with Crippen LogP contribution < -0.4 is 10.5 Å². The van der Waals surface area contributed by atoms with Gasteiger partial charge in [0.15, 0.2) is 0 Å². The summed E-state index contributed by atoms with van der Waals surface area (Å²) in [4.78, 5) is 0.00897. The van der Waals surface area contributed by atoms with E-state index in [1.165, 1.54) is 18.4 Å². The van der Waals surface area contributed by atoms with Crippen molar-refractivity contribution in [1.82, 2.24) is 4.72 Å². The van der Waals surface area contributed by atoms with Crippen LogP contribution in [0, 0.1) is 6.92 Å². The molecule has 5 nitrogen and oxygen atoms in total. The van der Waals surface area contributed by atoms with Gasteiger partial charge in [0.1, 0.15) is 0 Å². The van der Waals surface area contributed by atoms with E-state index < -0.39 is 20.8 Å². The highest BCUT2D eigenvalue weighted by molar-refractivity contribution is 7.89. The van der Waals surface area contributed by atoms with Gasteiger partial charge in [0.25, 0.3) is 0 Å². The van der Waals surface area contributed by atoms with E-state index >= 15 is 0 Å². The molecule has 0 aromatic heterocycles. The third kappa shape index (κ3) is 4.17. The van der Waals surface area contributed by atoms with E-state index in [4.69, 9.17) is 17.3 Å². The van der Waals surface area contributed by atoms with Gasteiger partial charge in [-0.3, -0.25) is 4.21 Å². The molecule has 0 aliphatic carbocycles. The lowest BCUT2D eigenvalue weighted by Crippen LogP contribution is -2.32. The molecule has 0 bridgehead atoms. The lowest BCUT2D eigenvalue weighted by atomic mass is 10.2. The molecular formula is C11H17ClN2O3S2. The first-order valence-corrected chi connectivity index (χ1v) is 9.01. The molecular weight excluding hydrogens is 308 g/mol. The molecule has 3 N–H and O–H groups in total. The molecule has 1 rings (SSSR count). The van der Waals surface area contributed by atoms with Gasteiger partial charge in [-0.2, -0.15) is 0 Å². The first kappa shape index (κ1) is 16.4. The van der Waals surface area contributed by atoms with Crippen LogP contribution in [0.5, 0.6) is 0 Å². The molecule has 108 valence electrons. The zero-order chi connectivity index (χ0) is 14.8. The van der Waals surface area contributed by atoms with Crippen molar-refractivity contribution in [3.8, 4) is 0 Å². The fourth-order valence-corrected chi connectivity index (χ4v) is 3.16. The minimum Gasteiger partial charge on any atom is -0.398 e. The topological polar surface area (TPSA) is 89.3 Å². The molecule has 2 unspecified atom stereocenters. The van der Waals surface area contributed by atoms with Crippen LogP contribution in [0.2, 0.25) is 5.02 Å². The Morgan fingerprint density at radius 1 is 1.47 bits per heavy atom. The summed E-state index contributed by atoms with van der Waals surface area (Å²) in [5.74, 6) is 0. The first-order valence-electron chi connectivity index (χ1n) is 5.52. The lowest BCUT2D eigenvalue weighted by Gasteiger charge is -2.12. The summed E-state index contributed by atoms with van der Waals surface area (Å²) in [7, 11) is -4.79. The largest absolute Gasteiger partial charge is 0.398 e. The molecule has 2 atom stereocenters. The van der Waals surface area contributed by atoms with Crippen molar-refractivity contribution in [3.63, 3.8) is 0 Å². The maximum Gasteiger partial charge on any atom is 0.240 e. The van der Waals surface area contributed by atoms with Gasteiger partial charge in [-0.05, 0) is 31.5 Å². The van der Waals surface area contributed by atoms with Gasteiger partial charge >= 0.3 is 0 Å². The number of benzene rings is 1. The zero-order valence-electron chi connectivity index (χ0n) is 10.9. The Bertz CT molecular complexity index is 579. The van der Waals surface area contributed by atoms with E-state index in [0.717, 1.165) is 0 Å². The first-order chi connectivity index (χ1) is 8.65. The maximum atomic E-state index is 12.1. The number of sulfonamides is 1. The van der Waals surface area contributed by atoms with Crippen LogP contribution in [-0.4, -0.2) is 30.7 Å².